The number of aromatic nitrogens is 6. The fraction of sp³-hybridized carbons (Fsp3) is 0.0286. The smallest absolute Gasteiger partial charge is 0.164 e. The summed E-state index contributed by atoms with van der Waals surface area (Å²) in [6.45, 7) is 0. The highest BCUT2D eigenvalue weighted by atomic mass is 15.0. The van der Waals surface area contributed by atoms with Gasteiger partial charge in [0.2, 0.25) is 0 Å². The van der Waals surface area contributed by atoms with Gasteiger partial charge in [-0.15, -0.1) is 0 Å². The van der Waals surface area contributed by atoms with Crippen LogP contribution in [0.15, 0.2) is 412 Å². The van der Waals surface area contributed by atoms with Crippen molar-refractivity contribution in [2.45, 2.75) is 18.3 Å². The van der Waals surface area contributed by atoms with Crippen LogP contribution in [-0.4, -0.2) is 29.9 Å². The Hall–Kier alpha value is -14.5. The highest BCUT2D eigenvalue weighted by Crippen LogP contribution is 2.64. The van der Waals surface area contributed by atoms with Crippen LogP contribution in [0.2, 0.25) is 0 Å². The maximum Gasteiger partial charge on any atom is 0.164 e. The minimum Gasteiger partial charge on any atom is -0.208 e. The second kappa shape index (κ2) is 28.4. The fourth-order valence-electron chi connectivity index (χ4n) is 16.7. The highest BCUT2D eigenvalue weighted by Gasteiger charge is 2.53. The van der Waals surface area contributed by atoms with Crippen LogP contribution in [0.3, 0.4) is 0 Å². The van der Waals surface area contributed by atoms with E-state index in [2.05, 4.69) is 400 Å². The summed E-state index contributed by atoms with van der Waals surface area (Å²) in [7, 11) is 0. The summed E-state index contributed by atoms with van der Waals surface area (Å²) in [5.74, 6) is 3.37. The van der Waals surface area contributed by atoms with Crippen molar-refractivity contribution in [2.24, 2.45) is 0 Å². The van der Waals surface area contributed by atoms with E-state index in [0.29, 0.717) is 41.4 Å². The SMILES string of the molecule is C1=CC2=C(C=CC1)C1(C3=C(CC=CC(c4nc(-c5cc(-c6ccccc6)cc(-c6ccccc6)c5)nc(-c5cc(-c6ccccc6)cc(-c6ccccc6)c5)n4)=C3)c3ccc(-c4nc(-c5cc(-c6ccccc6)cc(-c6ccccc6)c5)nc(-c5cc(-c6ccccc6)cc(-c6ccccc6)c5)n4)cc31)c1ccccc12. The van der Waals surface area contributed by atoms with Crippen molar-refractivity contribution in [2.75, 3.05) is 0 Å². The summed E-state index contributed by atoms with van der Waals surface area (Å²) < 4.78 is 0. The fourth-order valence-corrected chi connectivity index (χ4v) is 16.7. The Morgan fingerprint density at radius 2 is 0.514 bits per heavy atom. The molecule has 520 valence electrons. The van der Waals surface area contributed by atoms with Crippen molar-refractivity contribution < 1.29 is 0 Å². The minimum atomic E-state index is -0.834. The highest BCUT2D eigenvalue weighted by molar-refractivity contribution is 6.01. The molecule has 1 unspecified atom stereocenters. The average molecular weight is 1420 g/mol. The number of hydrogen-bond donors (Lipinski definition) is 0. The molecule has 0 bridgehead atoms. The molecular weight excluding hydrogens is 1350 g/mol. The maximum atomic E-state index is 5.73. The first-order valence-corrected chi connectivity index (χ1v) is 38.0. The molecule has 0 radical (unpaired) electrons. The van der Waals surface area contributed by atoms with Crippen LogP contribution >= 0.6 is 0 Å². The summed E-state index contributed by atoms with van der Waals surface area (Å²) in [5, 5.41) is 0. The Labute approximate surface area is 646 Å². The second-order valence-corrected chi connectivity index (χ2v) is 28.8. The van der Waals surface area contributed by atoms with Crippen molar-refractivity contribution in [1.29, 1.82) is 0 Å². The lowest BCUT2D eigenvalue weighted by Gasteiger charge is -2.33. The quantitative estimate of drug-likeness (QED) is 0.108. The van der Waals surface area contributed by atoms with Gasteiger partial charge in [-0.3, -0.25) is 0 Å². The summed E-state index contributed by atoms with van der Waals surface area (Å²) in [6.07, 6.45) is 17.8. The Bertz CT molecular complexity index is 5980. The van der Waals surface area contributed by atoms with Gasteiger partial charge in [-0.2, -0.15) is 0 Å². The van der Waals surface area contributed by atoms with Gasteiger partial charge in [0.15, 0.2) is 34.9 Å². The number of fused-ring (bicyclic) bond motifs is 8. The molecule has 2 aromatic heterocycles. The predicted molar refractivity (Wildman–Crippen MR) is 456 cm³/mol. The van der Waals surface area contributed by atoms with Gasteiger partial charge in [-0.1, -0.05) is 316 Å². The zero-order valence-electron chi connectivity index (χ0n) is 60.7. The topological polar surface area (TPSA) is 77.3 Å². The number of nitrogens with zero attached hydrogens (tertiary/aromatic N) is 6. The molecular formula is C105H70N6. The summed E-state index contributed by atoms with van der Waals surface area (Å²) >= 11 is 0. The molecule has 0 saturated heterocycles. The zero-order chi connectivity index (χ0) is 73.6. The molecule has 0 saturated carbocycles. The average Bonchev–Trinajstić information content (AvgIpc) is 1.51. The summed E-state index contributed by atoms with van der Waals surface area (Å²) in [5.41, 5.74) is 31.2. The minimum absolute atomic E-state index is 0.560. The van der Waals surface area contributed by atoms with E-state index >= 15 is 0 Å². The molecule has 4 aliphatic carbocycles. The lowest BCUT2D eigenvalue weighted by molar-refractivity contribution is 0.778. The number of benzene rings is 14. The summed E-state index contributed by atoms with van der Waals surface area (Å²) in [6, 6.07) is 128. The third-order valence-corrected chi connectivity index (χ3v) is 22.0. The molecule has 111 heavy (non-hydrogen) atoms. The van der Waals surface area contributed by atoms with Crippen LogP contribution in [0.4, 0.5) is 0 Å². The molecule has 1 spiro atoms. The van der Waals surface area contributed by atoms with Crippen molar-refractivity contribution in [1.82, 2.24) is 29.9 Å². The Morgan fingerprint density at radius 3 is 0.874 bits per heavy atom. The Balaban J connectivity index is 0.813. The molecule has 20 rings (SSSR count). The van der Waals surface area contributed by atoms with Crippen molar-refractivity contribution in [3.63, 3.8) is 0 Å². The first-order valence-electron chi connectivity index (χ1n) is 38.0. The normalized spacial score (nSPS) is 14.5. The standard InChI is InChI=1S/C105H70N6/c1-10-31-69(32-11-1)79-55-80(70-33-12-2-13-34-70)60-87(59-79)101-106-99(107-102(110-101)88-61-81(71-35-14-3-15-36-71)56-82(62-88)72-37-16-4-17-38-72)77-47-30-50-93-94-54-53-78(68-98(94)105(97(93)67-77)95-51-27-9-26-48-91(95)92-49-28-29-52-96(92)105)100-108-103(89-63-83(73-39-18-5-19-40-73)57-84(64-89)74-41-20-6-21-42-74)111-104(109-100)90-65-85(75-43-22-7-23-44-75)58-86(66-90)76-45-24-8-25-46-76/h1-8,10-49,51-68H,9,50H2. The third kappa shape index (κ3) is 12.4. The van der Waals surface area contributed by atoms with E-state index < -0.39 is 5.41 Å². The van der Waals surface area contributed by atoms with Gasteiger partial charge in [0, 0.05) is 33.4 Å². The molecule has 0 N–H and O–H groups in total. The monoisotopic (exact) mass is 1410 g/mol. The van der Waals surface area contributed by atoms with Crippen LogP contribution in [0.5, 0.6) is 0 Å². The molecule has 0 fully saturated rings. The Morgan fingerprint density at radius 1 is 0.207 bits per heavy atom. The molecule has 14 aromatic carbocycles. The molecule has 6 nitrogen and oxygen atoms in total. The van der Waals surface area contributed by atoms with Crippen molar-refractivity contribution >= 4 is 16.7 Å². The first kappa shape index (κ1) is 66.0. The molecule has 6 heteroatoms. The van der Waals surface area contributed by atoms with Crippen LogP contribution in [-0.2, 0) is 5.41 Å². The van der Waals surface area contributed by atoms with Crippen molar-refractivity contribution in [3.8, 4) is 146 Å². The lowest BCUT2D eigenvalue weighted by atomic mass is 9.68. The first-order chi connectivity index (χ1) is 54.9. The largest absolute Gasteiger partial charge is 0.208 e. The molecule has 1 atom stereocenters. The zero-order valence-corrected chi connectivity index (χ0v) is 60.7. The van der Waals surface area contributed by atoms with E-state index in [1.165, 1.54) is 33.4 Å². The van der Waals surface area contributed by atoms with E-state index in [-0.39, 0.29) is 0 Å². The van der Waals surface area contributed by atoms with Crippen LogP contribution in [0, 0.1) is 0 Å². The van der Waals surface area contributed by atoms with Gasteiger partial charge in [-0.05, 0) is 231 Å². The van der Waals surface area contributed by atoms with Crippen LogP contribution < -0.4 is 0 Å². The van der Waals surface area contributed by atoms with Gasteiger partial charge in [0.05, 0.1) is 5.41 Å². The molecule has 2 heterocycles. The molecule has 4 aliphatic rings. The van der Waals surface area contributed by atoms with Crippen LogP contribution in [0.1, 0.15) is 40.9 Å². The van der Waals surface area contributed by atoms with Gasteiger partial charge in [-0.25, -0.2) is 29.9 Å². The van der Waals surface area contributed by atoms with Crippen molar-refractivity contribution in [3.05, 3.63) is 440 Å². The second-order valence-electron chi connectivity index (χ2n) is 28.8. The lowest BCUT2D eigenvalue weighted by Crippen LogP contribution is -2.28. The van der Waals surface area contributed by atoms with E-state index in [1.807, 2.05) is 0 Å². The summed E-state index contributed by atoms with van der Waals surface area (Å²) in [4.78, 5) is 34.1. The van der Waals surface area contributed by atoms with Crippen LogP contribution in [0.25, 0.3) is 163 Å². The van der Waals surface area contributed by atoms with Gasteiger partial charge in [0.1, 0.15) is 0 Å². The van der Waals surface area contributed by atoms with E-state index in [0.717, 1.165) is 140 Å². The maximum absolute atomic E-state index is 5.73. The van der Waals surface area contributed by atoms with Gasteiger partial charge in [0.25, 0.3) is 0 Å². The number of allylic oxidation sites excluding steroid dienone is 12. The molecule has 16 aromatic rings. The third-order valence-electron chi connectivity index (χ3n) is 22.0. The van der Waals surface area contributed by atoms with E-state index in [4.69, 9.17) is 29.9 Å². The van der Waals surface area contributed by atoms with Gasteiger partial charge < -0.3 is 0 Å². The molecule has 0 aliphatic heterocycles. The Kier molecular flexibility index (Phi) is 16.9. The van der Waals surface area contributed by atoms with E-state index in [1.54, 1.807) is 0 Å². The molecule has 0 amide bonds. The van der Waals surface area contributed by atoms with E-state index in [9.17, 15) is 0 Å². The predicted octanol–water partition coefficient (Wildman–Crippen LogP) is 26.1. The number of hydrogen-bond acceptors (Lipinski definition) is 6. The van der Waals surface area contributed by atoms with Gasteiger partial charge >= 0.3 is 0 Å². The number of rotatable bonds is 14.